The molecule has 1 heterocycles. The second-order valence-electron chi connectivity index (χ2n) is 7.03. The molecule has 0 aliphatic carbocycles. The number of nitrogens with zero attached hydrogens (tertiary/aromatic N) is 2. The number of amides is 1. The number of ether oxygens (including phenoxy) is 2. The van der Waals surface area contributed by atoms with Crippen LogP contribution in [0.4, 0.5) is 15.2 Å². The minimum absolute atomic E-state index is 0.240. The molecule has 1 aromatic heterocycles. The Morgan fingerprint density at radius 1 is 1.09 bits per heavy atom. The van der Waals surface area contributed by atoms with E-state index in [0.717, 1.165) is 22.6 Å². The normalized spacial score (nSPS) is 10.5. The van der Waals surface area contributed by atoms with Crippen LogP contribution in [0.3, 0.4) is 0 Å². The van der Waals surface area contributed by atoms with E-state index in [1.807, 2.05) is 29.6 Å². The molecule has 166 valence electrons. The van der Waals surface area contributed by atoms with Gasteiger partial charge in [-0.25, -0.2) is 9.37 Å². The summed E-state index contributed by atoms with van der Waals surface area (Å²) in [6, 6.07) is 20.9. The van der Waals surface area contributed by atoms with Crippen LogP contribution in [-0.2, 0) is 11.4 Å². The first kappa shape index (κ1) is 22.2. The highest BCUT2D eigenvalue weighted by molar-refractivity contribution is 7.14. The first-order chi connectivity index (χ1) is 16.1. The number of methoxy groups -OCH3 is 1. The molecule has 4 aromatic rings. The number of carbonyl (C=O) groups is 1. The summed E-state index contributed by atoms with van der Waals surface area (Å²) in [6.45, 7) is 3.86. The number of aromatic nitrogens is 1. The molecular weight excluding hydrogens is 439 g/mol. The molecule has 3 aromatic carbocycles. The average molecular weight is 461 g/mol. The SMILES string of the molecule is C=CC(=O)N(c1ccc(OCc2cccc(F)c2)cc1)c1nc(-c2ccc(OC)cc2)cs1. The molecule has 0 bridgehead atoms. The van der Waals surface area contributed by atoms with Gasteiger partial charge in [0.05, 0.1) is 18.5 Å². The topological polar surface area (TPSA) is 51.7 Å². The second kappa shape index (κ2) is 10.1. The van der Waals surface area contributed by atoms with E-state index in [2.05, 4.69) is 11.6 Å². The highest BCUT2D eigenvalue weighted by Gasteiger charge is 2.19. The number of carbonyl (C=O) groups excluding carboxylic acids is 1. The molecule has 0 atom stereocenters. The van der Waals surface area contributed by atoms with Crippen LogP contribution in [0.2, 0.25) is 0 Å². The van der Waals surface area contributed by atoms with Crippen molar-refractivity contribution in [1.82, 2.24) is 4.98 Å². The van der Waals surface area contributed by atoms with Gasteiger partial charge in [-0.05, 0) is 72.3 Å². The van der Waals surface area contributed by atoms with Gasteiger partial charge >= 0.3 is 0 Å². The Balaban J connectivity index is 1.53. The van der Waals surface area contributed by atoms with Crippen molar-refractivity contribution in [2.45, 2.75) is 6.61 Å². The van der Waals surface area contributed by atoms with Crippen LogP contribution in [0.15, 0.2) is 90.8 Å². The highest BCUT2D eigenvalue weighted by atomic mass is 32.1. The van der Waals surface area contributed by atoms with E-state index in [-0.39, 0.29) is 18.3 Å². The van der Waals surface area contributed by atoms with Crippen LogP contribution >= 0.6 is 11.3 Å². The van der Waals surface area contributed by atoms with Crippen molar-refractivity contribution in [2.24, 2.45) is 0 Å². The number of thiazole rings is 1. The molecule has 7 heteroatoms. The lowest BCUT2D eigenvalue weighted by Gasteiger charge is -2.18. The highest BCUT2D eigenvalue weighted by Crippen LogP contribution is 2.34. The lowest BCUT2D eigenvalue weighted by atomic mass is 10.2. The third-order valence-corrected chi connectivity index (χ3v) is 5.68. The molecule has 0 aliphatic rings. The number of hydrogen-bond donors (Lipinski definition) is 0. The third-order valence-electron chi connectivity index (χ3n) is 4.85. The fourth-order valence-electron chi connectivity index (χ4n) is 3.17. The fourth-order valence-corrected chi connectivity index (χ4v) is 4.03. The molecular formula is C26H21FN2O3S. The van der Waals surface area contributed by atoms with Crippen LogP contribution in [-0.4, -0.2) is 18.0 Å². The van der Waals surface area contributed by atoms with Crippen LogP contribution in [0.25, 0.3) is 11.3 Å². The summed E-state index contributed by atoms with van der Waals surface area (Å²) < 4.78 is 24.3. The maximum Gasteiger partial charge on any atom is 0.256 e. The van der Waals surface area contributed by atoms with E-state index in [9.17, 15) is 9.18 Å². The summed E-state index contributed by atoms with van der Waals surface area (Å²) in [5.74, 6) is 0.769. The zero-order valence-corrected chi connectivity index (χ0v) is 18.7. The van der Waals surface area contributed by atoms with Crippen molar-refractivity contribution in [3.8, 4) is 22.8 Å². The van der Waals surface area contributed by atoms with E-state index in [0.29, 0.717) is 16.6 Å². The summed E-state index contributed by atoms with van der Waals surface area (Å²) in [4.78, 5) is 18.8. The Morgan fingerprint density at radius 3 is 2.48 bits per heavy atom. The number of anilines is 2. The molecule has 0 saturated carbocycles. The van der Waals surface area contributed by atoms with Crippen LogP contribution < -0.4 is 14.4 Å². The number of benzene rings is 3. The molecule has 4 rings (SSSR count). The summed E-state index contributed by atoms with van der Waals surface area (Å²) in [5.41, 5.74) is 3.05. The monoisotopic (exact) mass is 460 g/mol. The maximum atomic E-state index is 13.3. The van der Waals surface area contributed by atoms with Gasteiger partial charge in [0.1, 0.15) is 23.9 Å². The van der Waals surface area contributed by atoms with Gasteiger partial charge in [-0.3, -0.25) is 9.69 Å². The third kappa shape index (κ3) is 5.27. The zero-order valence-electron chi connectivity index (χ0n) is 17.9. The van der Waals surface area contributed by atoms with E-state index < -0.39 is 0 Å². The molecule has 33 heavy (non-hydrogen) atoms. The second-order valence-corrected chi connectivity index (χ2v) is 7.87. The van der Waals surface area contributed by atoms with Crippen LogP contribution in [0, 0.1) is 5.82 Å². The smallest absolute Gasteiger partial charge is 0.256 e. The lowest BCUT2D eigenvalue weighted by Crippen LogP contribution is -2.23. The van der Waals surface area contributed by atoms with Gasteiger partial charge in [0.15, 0.2) is 5.13 Å². The summed E-state index contributed by atoms with van der Waals surface area (Å²) >= 11 is 1.36. The van der Waals surface area contributed by atoms with Crippen LogP contribution in [0.5, 0.6) is 11.5 Å². The van der Waals surface area contributed by atoms with E-state index >= 15 is 0 Å². The Labute approximate surface area is 195 Å². The largest absolute Gasteiger partial charge is 0.497 e. The molecule has 0 unspecified atom stereocenters. The molecule has 5 nitrogen and oxygen atoms in total. The Kier molecular flexibility index (Phi) is 6.80. The lowest BCUT2D eigenvalue weighted by molar-refractivity contribution is -0.113. The minimum atomic E-state index is -0.303. The van der Waals surface area contributed by atoms with Crippen LogP contribution in [0.1, 0.15) is 5.56 Å². The Bertz CT molecular complexity index is 1250. The molecule has 0 spiro atoms. The molecule has 1 amide bonds. The number of halogens is 1. The van der Waals surface area contributed by atoms with Gasteiger partial charge in [-0.15, -0.1) is 11.3 Å². The molecule has 0 N–H and O–H groups in total. The van der Waals surface area contributed by atoms with Gasteiger partial charge < -0.3 is 9.47 Å². The summed E-state index contributed by atoms with van der Waals surface area (Å²) in [6.07, 6.45) is 1.25. The van der Waals surface area contributed by atoms with Crippen molar-refractivity contribution in [2.75, 3.05) is 12.0 Å². The van der Waals surface area contributed by atoms with Crippen molar-refractivity contribution >= 4 is 28.1 Å². The van der Waals surface area contributed by atoms with Gasteiger partial charge in [0.25, 0.3) is 5.91 Å². The van der Waals surface area contributed by atoms with Crippen molar-refractivity contribution in [3.63, 3.8) is 0 Å². The van der Waals surface area contributed by atoms with Crippen molar-refractivity contribution < 1.29 is 18.7 Å². The predicted molar refractivity (Wildman–Crippen MR) is 129 cm³/mol. The zero-order chi connectivity index (χ0) is 23.2. The van der Waals surface area contributed by atoms with Gasteiger partial charge in [0.2, 0.25) is 0 Å². The number of rotatable bonds is 8. The summed E-state index contributed by atoms with van der Waals surface area (Å²) in [7, 11) is 1.62. The molecule has 0 fully saturated rings. The van der Waals surface area contributed by atoms with Crippen molar-refractivity contribution in [1.29, 1.82) is 0 Å². The molecule has 0 radical (unpaired) electrons. The van der Waals surface area contributed by atoms with E-state index in [1.165, 1.54) is 34.4 Å². The first-order valence-corrected chi connectivity index (χ1v) is 11.0. The number of hydrogen-bond acceptors (Lipinski definition) is 5. The van der Waals surface area contributed by atoms with Gasteiger partial charge in [-0.1, -0.05) is 18.7 Å². The first-order valence-electron chi connectivity index (χ1n) is 10.1. The minimum Gasteiger partial charge on any atom is -0.497 e. The van der Waals surface area contributed by atoms with E-state index in [1.54, 1.807) is 43.5 Å². The van der Waals surface area contributed by atoms with Gasteiger partial charge in [0, 0.05) is 10.9 Å². The fraction of sp³-hybridized carbons (Fsp3) is 0.0769. The standard InChI is InChI=1S/C26H21FN2O3S/c1-3-25(30)29(26-28-24(17-33-26)19-7-11-22(31-2)12-8-19)21-9-13-23(14-10-21)32-16-18-5-4-6-20(27)15-18/h3-15,17H,1,16H2,2H3. The van der Waals surface area contributed by atoms with E-state index in [4.69, 9.17) is 9.47 Å². The van der Waals surface area contributed by atoms with Gasteiger partial charge in [-0.2, -0.15) is 0 Å². The Hall–Kier alpha value is -3.97. The maximum absolute atomic E-state index is 13.3. The average Bonchev–Trinajstić information content (AvgIpc) is 3.33. The quantitative estimate of drug-likeness (QED) is 0.286. The summed E-state index contributed by atoms with van der Waals surface area (Å²) in [5, 5.41) is 2.43. The Morgan fingerprint density at radius 2 is 1.82 bits per heavy atom. The van der Waals surface area contributed by atoms with Crippen molar-refractivity contribution in [3.05, 3.63) is 102 Å². The molecule has 0 saturated heterocycles. The molecule has 0 aliphatic heterocycles. The predicted octanol–water partition coefficient (Wildman–Crippen LogP) is 6.39.